The van der Waals surface area contributed by atoms with Crippen molar-refractivity contribution in [2.75, 3.05) is 46.5 Å². The zero-order chi connectivity index (χ0) is 21.3. The maximum Gasteiger partial charge on any atom is 0.309 e. The first-order chi connectivity index (χ1) is 14.6. The van der Waals surface area contributed by atoms with Crippen molar-refractivity contribution in [2.45, 2.75) is 58.4 Å². The summed E-state index contributed by atoms with van der Waals surface area (Å²) in [6.45, 7) is 6.92. The molecule has 0 bridgehead atoms. The highest BCUT2D eigenvalue weighted by Gasteiger charge is 2.25. The fourth-order valence-electron chi connectivity index (χ4n) is 4.18. The number of likely N-dealkylation sites (tertiary alicyclic amines) is 1. The molecule has 3 rings (SSSR count). The molecule has 2 aliphatic rings. The van der Waals surface area contributed by atoms with Crippen LogP contribution in [0, 0.1) is 5.92 Å². The zero-order valence-electron chi connectivity index (χ0n) is 18.5. The van der Waals surface area contributed by atoms with Crippen LogP contribution in [0.1, 0.15) is 60.8 Å². The number of carbonyl (C=O) groups is 2. The summed E-state index contributed by atoms with van der Waals surface area (Å²) in [6, 6.07) is 0. The van der Waals surface area contributed by atoms with Crippen molar-refractivity contribution in [1.82, 2.24) is 20.0 Å². The third-order valence-corrected chi connectivity index (χ3v) is 5.97. The van der Waals surface area contributed by atoms with E-state index < -0.39 is 0 Å². The Balaban J connectivity index is 1.58. The number of ether oxygens (including phenoxy) is 2. The van der Waals surface area contributed by atoms with Gasteiger partial charge in [0.1, 0.15) is 5.69 Å². The Bertz CT molecular complexity index is 710. The molecule has 0 aliphatic carbocycles. The molecule has 1 N–H and O–H groups in total. The largest absolute Gasteiger partial charge is 0.465 e. The van der Waals surface area contributed by atoms with E-state index >= 15 is 0 Å². The Morgan fingerprint density at radius 3 is 2.80 bits per heavy atom. The lowest BCUT2D eigenvalue weighted by atomic mass is 9.97. The number of hydrogen-bond donors (Lipinski definition) is 1. The van der Waals surface area contributed by atoms with Crippen molar-refractivity contribution < 1.29 is 19.1 Å². The summed E-state index contributed by atoms with van der Waals surface area (Å²) in [5.41, 5.74) is 2.64. The number of amides is 1. The van der Waals surface area contributed by atoms with E-state index in [1.807, 2.05) is 11.6 Å². The molecule has 3 heterocycles. The van der Waals surface area contributed by atoms with Crippen LogP contribution in [0.2, 0.25) is 0 Å². The minimum atomic E-state index is -0.0713. The molecule has 1 fully saturated rings. The first-order valence-corrected chi connectivity index (χ1v) is 11.4. The van der Waals surface area contributed by atoms with Gasteiger partial charge in [0.25, 0.3) is 5.91 Å². The molecular weight excluding hydrogens is 384 g/mol. The summed E-state index contributed by atoms with van der Waals surface area (Å²) in [4.78, 5) is 27.3. The lowest BCUT2D eigenvalue weighted by Gasteiger charge is -2.27. The third-order valence-electron chi connectivity index (χ3n) is 5.97. The summed E-state index contributed by atoms with van der Waals surface area (Å²) in [7, 11) is 2.08. The Morgan fingerprint density at radius 1 is 1.27 bits per heavy atom. The molecule has 1 amide bonds. The second-order valence-corrected chi connectivity index (χ2v) is 8.26. The van der Waals surface area contributed by atoms with E-state index in [0.29, 0.717) is 51.4 Å². The van der Waals surface area contributed by atoms with Gasteiger partial charge in [0.15, 0.2) is 0 Å². The highest BCUT2D eigenvalue weighted by Crippen LogP contribution is 2.20. The maximum atomic E-state index is 12.8. The van der Waals surface area contributed by atoms with Crippen molar-refractivity contribution in [3.8, 4) is 0 Å². The summed E-state index contributed by atoms with van der Waals surface area (Å²) in [5.74, 6) is -0.0972. The number of piperidine rings is 1. The van der Waals surface area contributed by atoms with Crippen LogP contribution in [0.15, 0.2) is 0 Å². The second kappa shape index (κ2) is 11.5. The monoisotopic (exact) mass is 420 g/mol. The van der Waals surface area contributed by atoms with Crippen molar-refractivity contribution in [1.29, 1.82) is 0 Å². The molecule has 8 nitrogen and oxygen atoms in total. The van der Waals surface area contributed by atoms with Crippen molar-refractivity contribution >= 4 is 11.9 Å². The van der Waals surface area contributed by atoms with Gasteiger partial charge in [-0.1, -0.05) is 0 Å². The van der Waals surface area contributed by atoms with E-state index in [2.05, 4.69) is 17.3 Å². The van der Waals surface area contributed by atoms with Crippen LogP contribution in [0.25, 0.3) is 0 Å². The van der Waals surface area contributed by atoms with E-state index in [1.165, 1.54) is 0 Å². The van der Waals surface area contributed by atoms with Gasteiger partial charge in [-0.2, -0.15) is 5.10 Å². The summed E-state index contributed by atoms with van der Waals surface area (Å²) in [6.07, 6.45) is 5.62. The number of fused-ring (bicyclic) bond motifs is 1. The normalized spacial score (nSPS) is 19.6. The summed E-state index contributed by atoms with van der Waals surface area (Å²) in [5, 5.41) is 7.71. The number of carbonyl (C=O) groups excluding carboxylic acids is 2. The highest BCUT2D eigenvalue weighted by atomic mass is 16.5. The fourth-order valence-corrected chi connectivity index (χ4v) is 4.18. The average Bonchev–Trinajstić information content (AvgIpc) is 3.08. The predicted octanol–water partition coefficient (Wildman–Crippen LogP) is 1.80. The van der Waals surface area contributed by atoms with Crippen molar-refractivity contribution in [3.63, 3.8) is 0 Å². The second-order valence-electron chi connectivity index (χ2n) is 8.26. The Labute approximate surface area is 179 Å². The predicted molar refractivity (Wildman–Crippen MR) is 113 cm³/mol. The number of aryl methyl sites for hydroxylation is 2. The number of esters is 1. The van der Waals surface area contributed by atoms with Crippen LogP contribution in [-0.4, -0.2) is 73.1 Å². The number of nitrogens with zero attached hydrogens (tertiary/aromatic N) is 3. The molecule has 0 atom stereocenters. The minimum absolute atomic E-state index is 0.0286. The van der Waals surface area contributed by atoms with Gasteiger partial charge in [-0.25, -0.2) is 0 Å². The quantitative estimate of drug-likeness (QED) is 0.558. The lowest BCUT2D eigenvalue weighted by molar-refractivity contribution is -0.150. The fraction of sp³-hybridized carbons (Fsp3) is 0.773. The molecule has 8 heteroatoms. The lowest BCUT2D eigenvalue weighted by Crippen LogP contribution is -2.34. The van der Waals surface area contributed by atoms with Gasteiger partial charge in [-0.05, 0) is 72.0 Å². The van der Waals surface area contributed by atoms with Crippen LogP contribution in [0.3, 0.4) is 0 Å². The first-order valence-electron chi connectivity index (χ1n) is 11.4. The van der Waals surface area contributed by atoms with E-state index in [9.17, 15) is 9.59 Å². The van der Waals surface area contributed by atoms with E-state index in [0.717, 1.165) is 56.5 Å². The molecular formula is C22H36N4O4. The van der Waals surface area contributed by atoms with Crippen LogP contribution in [0.4, 0.5) is 0 Å². The van der Waals surface area contributed by atoms with Gasteiger partial charge >= 0.3 is 5.97 Å². The molecule has 1 saturated heterocycles. The average molecular weight is 421 g/mol. The van der Waals surface area contributed by atoms with Crippen LogP contribution >= 0.6 is 0 Å². The number of aromatic nitrogens is 2. The van der Waals surface area contributed by atoms with E-state index in [-0.39, 0.29) is 17.8 Å². The van der Waals surface area contributed by atoms with Gasteiger partial charge < -0.3 is 19.7 Å². The smallest absolute Gasteiger partial charge is 0.309 e. The number of rotatable bonds is 6. The Hall–Kier alpha value is -1.93. The topological polar surface area (TPSA) is 85.7 Å². The standard InChI is InChI=1S/C22H36N4O4/c1-3-26-20-18(7-4-14-29-15-6-11-23-21(20)27)19(24-26)8-5-16-30-22(28)17-9-12-25(2)13-10-17/h17H,3-16H2,1-2H3,(H,23,27). The highest BCUT2D eigenvalue weighted by molar-refractivity contribution is 5.94. The molecule has 1 aromatic rings. The zero-order valence-corrected chi connectivity index (χ0v) is 18.5. The van der Waals surface area contributed by atoms with Crippen LogP contribution in [0.5, 0.6) is 0 Å². The van der Waals surface area contributed by atoms with Crippen LogP contribution in [-0.2, 0) is 33.7 Å². The van der Waals surface area contributed by atoms with Gasteiger partial charge in [0.2, 0.25) is 0 Å². The van der Waals surface area contributed by atoms with Crippen molar-refractivity contribution in [2.24, 2.45) is 5.92 Å². The minimum Gasteiger partial charge on any atom is -0.465 e. The molecule has 168 valence electrons. The molecule has 2 aliphatic heterocycles. The van der Waals surface area contributed by atoms with E-state index in [1.54, 1.807) is 0 Å². The molecule has 0 spiro atoms. The summed E-state index contributed by atoms with van der Waals surface area (Å²) >= 11 is 0. The molecule has 30 heavy (non-hydrogen) atoms. The van der Waals surface area contributed by atoms with Gasteiger partial charge in [0, 0.05) is 31.9 Å². The SMILES string of the molecule is CCn1nc(CCCOC(=O)C2CCN(C)CC2)c2c1C(=O)NCCCOCCC2. The number of hydrogen-bond acceptors (Lipinski definition) is 6. The van der Waals surface area contributed by atoms with Gasteiger partial charge in [-0.15, -0.1) is 0 Å². The van der Waals surface area contributed by atoms with Crippen molar-refractivity contribution in [3.05, 3.63) is 17.0 Å². The third kappa shape index (κ3) is 6.04. The number of nitrogens with one attached hydrogen (secondary N) is 1. The Kier molecular flexibility index (Phi) is 8.69. The first kappa shape index (κ1) is 22.7. The van der Waals surface area contributed by atoms with Crippen LogP contribution < -0.4 is 5.32 Å². The van der Waals surface area contributed by atoms with Gasteiger partial charge in [0.05, 0.1) is 18.2 Å². The molecule has 0 unspecified atom stereocenters. The molecule has 0 saturated carbocycles. The summed E-state index contributed by atoms with van der Waals surface area (Å²) < 4.78 is 13.0. The van der Waals surface area contributed by atoms with E-state index in [4.69, 9.17) is 14.6 Å². The van der Waals surface area contributed by atoms with Gasteiger partial charge in [-0.3, -0.25) is 14.3 Å². The molecule has 1 aromatic heterocycles. The molecule has 0 radical (unpaired) electrons. The molecule has 0 aromatic carbocycles. The maximum absolute atomic E-state index is 12.8. The Morgan fingerprint density at radius 2 is 2.03 bits per heavy atom.